The first-order valence-corrected chi connectivity index (χ1v) is 8.84. The maximum atomic E-state index is 12.3. The average Bonchev–Trinajstić information content (AvgIpc) is 2.54. The van der Waals surface area contributed by atoms with Crippen LogP contribution >= 0.6 is 0 Å². The van der Waals surface area contributed by atoms with E-state index in [2.05, 4.69) is 10.3 Å². The monoisotopic (exact) mass is 348 g/mol. The quantitative estimate of drug-likeness (QED) is 0.782. The molecule has 2 rings (SSSR count). The highest BCUT2D eigenvalue weighted by Gasteiger charge is 2.18. The number of hydrogen-bond acceptors (Lipinski definition) is 4. The van der Waals surface area contributed by atoms with Gasteiger partial charge in [0.1, 0.15) is 5.75 Å². The van der Waals surface area contributed by atoms with E-state index >= 15 is 0 Å². The van der Waals surface area contributed by atoms with E-state index in [-0.39, 0.29) is 11.5 Å². The Hall–Kier alpha value is -2.38. The van der Waals surface area contributed by atoms with E-state index in [1.165, 1.54) is 0 Å². The molecule has 1 amide bonds. The first-order valence-electron chi connectivity index (χ1n) is 7.36. The SMILES string of the molecule is Cc1ccc(C)c(S(=O)(=O)NNC(=O)COc2ccccc2C)c1. The second-order valence-electron chi connectivity index (χ2n) is 5.48. The van der Waals surface area contributed by atoms with Crippen LogP contribution in [0.25, 0.3) is 0 Å². The van der Waals surface area contributed by atoms with Gasteiger partial charge in [0.05, 0.1) is 4.90 Å². The van der Waals surface area contributed by atoms with Gasteiger partial charge in [0.25, 0.3) is 15.9 Å². The van der Waals surface area contributed by atoms with Gasteiger partial charge in [0, 0.05) is 0 Å². The summed E-state index contributed by atoms with van der Waals surface area (Å²) >= 11 is 0. The van der Waals surface area contributed by atoms with E-state index < -0.39 is 15.9 Å². The van der Waals surface area contributed by atoms with E-state index in [0.29, 0.717) is 11.3 Å². The highest BCUT2D eigenvalue weighted by molar-refractivity contribution is 7.89. The standard InChI is InChI=1S/C17H20N2O4S/c1-12-8-9-14(3)16(10-12)24(21,22)19-18-17(20)11-23-15-7-5-4-6-13(15)2/h4-10,19H,11H2,1-3H3,(H,18,20). The molecule has 2 aromatic carbocycles. The second kappa shape index (κ2) is 7.46. The fourth-order valence-corrected chi connectivity index (χ4v) is 3.26. The first kappa shape index (κ1) is 18.0. The summed E-state index contributed by atoms with van der Waals surface area (Å²) in [7, 11) is -3.84. The summed E-state index contributed by atoms with van der Waals surface area (Å²) in [5, 5.41) is 0. The maximum absolute atomic E-state index is 12.3. The fraction of sp³-hybridized carbons (Fsp3) is 0.235. The lowest BCUT2D eigenvalue weighted by Crippen LogP contribution is -2.43. The Bertz CT molecular complexity index is 847. The summed E-state index contributed by atoms with van der Waals surface area (Å²) in [6, 6.07) is 12.3. The molecule has 0 aliphatic carbocycles. The fourth-order valence-electron chi connectivity index (χ4n) is 2.07. The summed E-state index contributed by atoms with van der Waals surface area (Å²) < 4.78 is 29.9. The van der Waals surface area contributed by atoms with Crippen molar-refractivity contribution in [2.75, 3.05) is 6.61 Å². The van der Waals surface area contributed by atoms with Crippen LogP contribution in [0.4, 0.5) is 0 Å². The molecule has 0 fully saturated rings. The highest BCUT2D eigenvalue weighted by Crippen LogP contribution is 2.17. The molecule has 0 bridgehead atoms. The molecule has 0 aliphatic heterocycles. The molecule has 7 heteroatoms. The molecule has 0 saturated carbocycles. The van der Waals surface area contributed by atoms with E-state index in [0.717, 1.165) is 11.1 Å². The summed E-state index contributed by atoms with van der Waals surface area (Å²) in [4.78, 5) is 14.0. The van der Waals surface area contributed by atoms with Gasteiger partial charge in [0.2, 0.25) is 0 Å². The molecule has 2 N–H and O–H groups in total. The van der Waals surface area contributed by atoms with Gasteiger partial charge >= 0.3 is 0 Å². The summed E-state index contributed by atoms with van der Waals surface area (Å²) in [5.41, 5.74) is 4.46. The number of carbonyl (C=O) groups is 1. The lowest BCUT2D eigenvalue weighted by atomic mass is 10.2. The van der Waals surface area contributed by atoms with Crippen LogP contribution in [0.5, 0.6) is 5.75 Å². The van der Waals surface area contributed by atoms with Crippen LogP contribution < -0.4 is 15.0 Å². The van der Waals surface area contributed by atoms with Gasteiger partial charge in [-0.05, 0) is 49.6 Å². The van der Waals surface area contributed by atoms with Crippen molar-refractivity contribution in [2.24, 2.45) is 0 Å². The summed E-state index contributed by atoms with van der Waals surface area (Å²) in [6.07, 6.45) is 0. The number of sulfonamides is 1. The van der Waals surface area contributed by atoms with Gasteiger partial charge in [-0.15, -0.1) is 4.83 Å². The van der Waals surface area contributed by atoms with E-state index in [9.17, 15) is 13.2 Å². The maximum Gasteiger partial charge on any atom is 0.272 e. The predicted molar refractivity (Wildman–Crippen MR) is 91.1 cm³/mol. The van der Waals surface area contributed by atoms with Crippen LogP contribution in [0, 0.1) is 20.8 Å². The molecule has 0 atom stereocenters. The zero-order valence-electron chi connectivity index (χ0n) is 13.8. The van der Waals surface area contributed by atoms with Crippen LogP contribution in [-0.2, 0) is 14.8 Å². The minimum absolute atomic E-state index is 0.127. The minimum Gasteiger partial charge on any atom is -0.483 e. The topological polar surface area (TPSA) is 84.5 Å². The highest BCUT2D eigenvalue weighted by atomic mass is 32.2. The molecule has 0 unspecified atom stereocenters. The number of para-hydroxylation sites is 1. The Kier molecular flexibility index (Phi) is 5.58. The Morgan fingerprint density at radius 3 is 2.46 bits per heavy atom. The third-order valence-corrected chi connectivity index (χ3v) is 4.80. The Labute approximate surface area is 141 Å². The number of carbonyl (C=O) groups excluding carboxylic acids is 1. The van der Waals surface area contributed by atoms with Gasteiger partial charge in [-0.1, -0.05) is 30.3 Å². The molecule has 6 nitrogen and oxygen atoms in total. The van der Waals surface area contributed by atoms with Crippen LogP contribution in [-0.4, -0.2) is 20.9 Å². The smallest absolute Gasteiger partial charge is 0.272 e. The second-order valence-corrected chi connectivity index (χ2v) is 7.13. The zero-order valence-corrected chi connectivity index (χ0v) is 14.6. The predicted octanol–water partition coefficient (Wildman–Crippen LogP) is 2.00. The molecule has 0 saturated heterocycles. The van der Waals surface area contributed by atoms with Gasteiger partial charge in [-0.3, -0.25) is 10.2 Å². The van der Waals surface area contributed by atoms with Crippen molar-refractivity contribution in [3.05, 3.63) is 59.2 Å². The van der Waals surface area contributed by atoms with Crippen molar-refractivity contribution in [3.8, 4) is 5.75 Å². The number of hydrazine groups is 1. The summed E-state index contributed by atoms with van der Waals surface area (Å²) in [6.45, 7) is 5.06. The molecular weight excluding hydrogens is 328 g/mol. The zero-order chi connectivity index (χ0) is 17.7. The van der Waals surface area contributed by atoms with Crippen molar-refractivity contribution >= 4 is 15.9 Å². The average molecular weight is 348 g/mol. The van der Waals surface area contributed by atoms with E-state index in [4.69, 9.17) is 4.74 Å². The van der Waals surface area contributed by atoms with Crippen LogP contribution in [0.1, 0.15) is 16.7 Å². The van der Waals surface area contributed by atoms with Crippen molar-refractivity contribution in [1.29, 1.82) is 0 Å². The number of hydrogen-bond donors (Lipinski definition) is 2. The molecule has 0 radical (unpaired) electrons. The van der Waals surface area contributed by atoms with Crippen LogP contribution in [0.15, 0.2) is 47.4 Å². The molecule has 24 heavy (non-hydrogen) atoms. The minimum atomic E-state index is -3.84. The van der Waals surface area contributed by atoms with E-state index in [1.54, 1.807) is 38.1 Å². The first-order chi connectivity index (χ1) is 11.3. The van der Waals surface area contributed by atoms with E-state index in [1.807, 2.05) is 25.1 Å². The Morgan fingerprint density at radius 2 is 1.75 bits per heavy atom. The molecule has 0 aromatic heterocycles. The van der Waals surface area contributed by atoms with Crippen LogP contribution in [0.2, 0.25) is 0 Å². The molecule has 2 aromatic rings. The van der Waals surface area contributed by atoms with Gasteiger partial charge in [-0.2, -0.15) is 0 Å². The largest absolute Gasteiger partial charge is 0.483 e. The number of rotatable bonds is 6. The lowest BCUT2D eigenvalue weighted by molar-refractivity contribution is -0.123. The number of benzene rings is 2. The molecule has 128 valence electrons. The third kappa shape index (κ3) is 4.56. The van der Waals surface area contributed by atoms with Crippen molar-refractivity contribution in [1.82, 2.24) is 10.3 Å². The van der Waals surface area contributed by atoms with Gasteiger partial charge in [0.15, 0.2) is 6.61 Å². The van der Waals surface area contributed by atoms with Crippen molar-refractivity contribution in [3.63, 3.8) is 0 Å². The Balaban J connectivity index is 1.95. The lowest BCUT2D eigenvalue weighted by Gasteiger charge is -2.12. The molecule has 0 spiro atoms. The molecule has 0 heterocycles. The van der Waals surface area contributed by atoms with Crippen molar-refractivity contribution in [2.45, 2.75) is 25.7 Å². The van der Waals surface area contributed by atoms with Crippen molar-refractivity contribution < 1.29 is 17.9 Å². The molecular formula is C17H20N2O4S. The van der Waals surface area contributed by atoms with Gasteiger partial charge < -0.3 is 4.74 Å². The van der Waals surface area contributed by atoms with Crippen LogP contribution in [0.3, 0.4) is 0 Å². The van der Waals surface area contributed by atoms with Gasteiger partial charge in [-0.25, -0.2) is 8.42 Å². The number of amides is 1. The third-order valence-electron chi connectivity index (χ3n) is 3.41. The number of ether oxygens (including phenoxy) is 1. The molecule has 0 aliphatic rings. The Morgan fingerprint density at radius 1 is 1.04 bits per heavy atom. The number of aryl methyl sites for hydroxylation is 3. The summed E-state index contributed by atoms with van der Waals surface area (Å²) in [5.74, 6) is -0.0165. The normalized spacial score (nSPS) is 11.1. The number of nitrogens with one attached hydrogen (secondary N) is 2.